The van der Waals surface area contributed by atoms with E-state index in [1.54, 1.807) is 97.9 Å². The highest BCUT2D eigenvalue weighted by Gasteiger charge is 2.49. The Bertz CT molecular complexity index is 5150. The van der Waals surface area contributed by atoms with Crippen molar-refractivity contribution in [2.75, 3.05) is 27.0 Å². The Morgan fingerprint density at radius 3 is 0.914 bits per heavy atom. The number of cyclic esters (lactones) is 3. The monoisotopic (exact) mass is 1610 g/mol. The Morgan fingerprint density at radius 1 is 0.319 bits per heavy atom. The second kappa shape index (κ2) is 32.2. The smallest absolute Gasteiger partial charge is 0.339 e. The Kier molecular flexibility index (Phi) is 22.1. The summed E-state index contributed by atoms with van der Waals surface area (Å²) in [5.41, 5.74) is 7.67. The first-order valence-corrected chi connectivity index (χ1v) is 37.0. The van der Waals surface area contributed by atoms with Gasteiger partial charge < -0.3 is 153 Å². The van der Waals surface area contributed by atoms with Crippen LogP contribution in [-0.4, -0.2) is 219 Å². The number of hydrogen-bond donors (Lipinski definition) is 16. The van der Waals surface area contributed by atoms with Gasteiger partial charge in [-0.2, -0.15) is 0 Å². The van der Waals surface area contributed by atoms with Gasteiger partial charge in [0, 0.05) is 49.5 Å². The van der Waals surface area contributed by atoms with E-state index >= 15 is 0 Å². The molecule has 9 aliphatic heterocycles. The Balaban J connectivity index is 0.000000131. The van der Waals surface area contributed by atoms with E-state index in [0.29, 0.717) is 157 Å². The molecule has 3 saturated heterocycles. The van der Waals surface area contributed by atoms with Gasteiger partial charge in [-0.15, -0.1) is 0 Å². The van der Waals surface area contributed by atoms with Crippen LogP contribution in [0.5, 0.6) is 51.7 Å². The number of esters is 3. The molecule has 18 rings (SSSR count). The molecule has 0 amide bonds. The molecule has 612 valence electrons. The number of aliphatic hydroxyl groups is 16. The van der Waals surface area contributed by atoms with Crippen LogP contribution in [0.2, 0.25) is 0 Å². The molecule has 34 nitrogen and oxygen atoms in total. The number of fused-ring (bicyclic) bond motifs is 9. The van der Waals surface area contributed by atoms with E-state index in [1.807, 2.05) is 0 Å². The first-order chi connectivity index (χ1) is 56.0. The number of carbonyl (C=O) groups excluding carboxylic acids is 3. The van der Waals surface area contributed by atoms with Gasteiger partial charge in [-0.05, 0) is 152 Å². The summed E-state index contributed by atoms with van der Waals surface area (Å²) in [6.07, 6.45) is -20.6. The summed E-state index contributed by atoms with van der Waals surface area (Å²) in [6, 6.07) is 25.6. The highest BCUT2D eigenvalue weighted by Crippen LogP contribution is 2.53. The molecular formula is C82H80O34. The quantitative estimate of drug-likeness (QED) is 0.0460. The number of hydrogen-bond acceptors (Lipinski definition) is 34. The first-order valence-electron chi connectivity index (χ1n) is 37.0. The van der Waals surface area contributed by atoms with E-state index in [0.717, 1.165) is 0 Å². The van der Waals surface area contributed by atoms with Crippen molar-refractivity contribution in [3.05, 3.63) is 158 Å². The zero-order valence-corrected chi connectivity index (χ0v) is 61.7. The zero-order chi connectivity index (χ0) is 81.6. The third kappa shape index (κ3) is 13.8. The van der Waals surface area contributed by atoms with E-state index in [1.165, 1.54) is 6.92 Å². The fourth-order valence-electron chi connectivity index (χ4n) is 16.0. The second-order valence-corrected chi connectivity index (χ2v) is 28.7. The van der Waals surface area contributed by atoms with Crippen molar-refractivity contribution in [1.82, 2.24) is 0 Å². The summed E-state index contributed by atoms with van der Waals surface area (Å²) < 4.78 is 84.6. The average Bonchev–Trinajstić information content (AvgIpc) is 1.45. The van der Waals surface area contributed by atoms with Crippen LogP contribution in [0.1, 0.15) is 101 Å². The maximum absolute atomic E-state index is 13.1. The van der Waals surface area contributed by atoms with Crippen LogP contribution in [0.4, 0.5) is 0 Å². The third-order valence-corrected chi connectivity index (χ3v) is 22.1. The molecule has 0 aromatic heterocycles. The van der Waals surface area contributed by atoms with Crippen molar-refractivity contribution in [3.63, 3.8) is 0 Å². The summed E-state index contributed by atoms with van der Waals surface area (Å²) in [7, 11) is 0. The van der Waals surface area contributed by atoms with Gasteiger partial charge in [0.2, 0.25) is 39.2 Å². The van der Waals surface area contributed by atoms with Crippen molar-refractivity contribution in [2.24, 2.45) is 0 Å². The summed E-state index contributed by atoms with van der Waals surface area (Å²) in [4.78, 5) is 39.3. The Labute approximate surface area is 656 Å². The van der Waals surface area contributed by atoms with Crippen molar-refractivity contribution in [1.29, 1.82) is 0 Å². The lowest BCUT2D eigenvalue weighted by atomic mass is 9.87. The summed E-state index contributed by atoms with van der Waals surface area (Å²) in [5, 5.41) is 166. The minimum absolute atomic E-state index is 0.0556. The van der Waals surface area contributed by atoms with Gasteiger partial charge in [0.25, 0.3) is 0 Å². The van der Waals surface area contributed by atoms with Gasteiger partial charge in [-0.3, -0.25) is 0 Å². The number of rotatable bonds is 17. The summed E-state index contributed by atoms with van der Waals surface area (Å²) >= 11 is 0. The lowest BCUT2D eigenvalue weighted by Crippen LogP contribution is -2.60. The second-order valence-electron chi connectivity index (χ2n) is 28.7. The van der Waals surface area contributed by atoms with Crippen molar-refractivity contribution in [2.45, 2.75) is 172 Å². The fraction of sp³-hybridized carbons (Fsp3) is 0.378. The summed E-state index contributed by atoms with van der Waals surface area (Å²) in [6.45, 7) is 0.145. The highest BCUT2D eigenvalue weighted by atomic mass is 16.7. The molecule has 3 fully saturated rings. The predicted octanol–water partition coefficient (Wildman–Crippen LogP) is 2.65. The van der Waals surface area contributed by atoms with Crippen LogP contribution < -0.4 is 42.6 Å². The lowest BCUT2D eigenvalue weighted by molar-refractivity contribution is -0.277. The van der Waals surface area contributed by atoms with Crippen molar-refractivity contribution in [3.8, 4) is 85.1 Å². The summed E-state index contributed by atoms with van der Waals surface area (Å²) in [5.74, 6) is 1.76. The molecule has 9 aromatic rings. The molecule has 9 aliphatic rings. The molecule has 16 N–H and O–H groups in total. The predicted molar refractivity (Wildman–Crippen MR) is 394 cm³/mol. The van der Waals surface area contributed by atoms with E-state index < -0.39 is 130 Å². The van der Waals surface area contributed by atoms with Gasteiger partial charge >= 0.3 is 17.9 Å². The molecule has 116 heavy (non-hydrogen) atoms. The highest BCUT2D eigenvalue weighted by molar-refractivity contribution is 6.16. The van der Waals surface area contributed by atoms with E-state index in [-0.39, 0.29) is 101 Å². The number of aliphatic hydroxyl groups excluding tert-OH is 16. The van der Waals surface area contributed by atoms with Crippen LogP contribution in [0.15, 0.2) is 91.0 Å². The van der Waals surface area contributed by atoms with Crippen LogP contribution >= 0.6 is 0 Å². The number of carbonyl (C=O) groups is 3. The molecule has 0 bridgehead atoms. The largest absolute Gasteiger partial charge is 0.461 e. The van der Waals surface area contributed by atoms with Gasteiger partial charge in [-0.1, -0.05) is 25.1 Å². The third-order valence-electron chi connectivity index (χ3n) is 22.1. The average molecular weight is 1610 g/mol. The number of ether oxygens (including phenoxy) is 15. The van der Waals surface area contributed by atoms with Crippen molar-refractivity contribution < 1.29 is 167 Å². The molecule has 0 aliphatic carbocycles. The van der Waals surface area contributed by atoms with Crippen molar-refractivity contribution >= 4 is 50.2 Å². The first kappa shape index (κ1) is 79.4. The van der Waals surface area contributed by atoms with Gasteiger partial charge in [-0.25, -0.2) is 14.4 Å². The van der Waals surface area contributed by atoms with E-state index in [9.17, 15) is 96.1 Å². The normalized spacial score (nSPS) is 25.7. The Hall–Kier alpha value is -10.4. The lowest BCUT2D eigenvalue weighted by Gasteiger charge is -2.40. The fourth-order valence-corrected chi connectivity index (χ4v) is 16.0. The molecule has 9 heterocycles. The standard InChI is InChI=1S/C28H28O11.C27H26O12.C27H26O11/c1-2-18-23(31)24(32)25(33)28(38-18)39-26-16-6-14(9-30)13(8-29)5-15(16)21(22-17(26)10-35-27(22)34)12-3-4-19-20(7-12)37-11-36-19;28-6-12-3-14-15(4-13(12)7-29)25(39-27-24(33)23(32)22(31)19(8-30)38-27)16-9-35-26(34)21(16)20(14)11-1-2-17-18(5-11)37-10-36-17;1-11-22(30)23(31)24(32)27(37-11)38-25-16-5-14(8-29)13(7-28)4-15(16)20(21-17(25)9-34-26(21)33)12-2-3-18-19(6-12)36-10-35-18/h3-7,18,23-25,28-33H,2,8-11H2,1H3;1-5,19,22-24,27-33H,6-10H2;2-6,11,22-24,27-32H,7-10H2,1H3/t18-,23+,24+,25-,28?;19-,22-,23+,24-,27?;11-,22+,23+,24-,27?/m111/s1. The van der Waals surface area contributed by atoms with Gasteiger partial charge in [0.05, 0.1) is 75.1 Å². The molecule has 0 spiro atoms. The topological polar surface area (TPSA) is 513 Å². The Morgan fingerprint density at radius 2 is 0.603 bits per heavy atom. The van der Waals surface area contributed by atoms with Crippen LogP contribution in [0.25, 0.3) is 65.7 Å². The molecule has 0 saturated carbocycles. The number of benzene rings is 9. The zero-order valence-electron chi connectivity index (χ0n) is 61.7. The molecule has 15 atom stereocenters. The maximum atomic E-state index is 13.1. The van der Waals surface area contributed by atoms with Gasteiger partial charge in [0.1, 0.15) is 98.1 Å². The van der Waals surface area contributed by atoms with Crippen LogP contribution in [0.3, 0.4) is 0 Å². The molecule has 9 aromatic carbocycles. The van der Waals surface area contributed by atoms with Crippen LogP contribution in [-0.2, 0) is 87.9 Å². The van der Waals surface area contributed by atoms with Gasteiger partial charge in [0.15, 0.2) is 34.5 Å². The molecular weight excluding hydrogens is 1530 g/mol. The maximum Gasteiger partial charge on any atom is 0.339 e. The van der Waals surface area contributed by atoms with E-state index in [4.69, 9.17) is 71.1 Å². The molecule has 0 radical (unpaired) electrons. The minimum atomic E-state index is -1.70. The molecule has 34 heteroatoms. The minimum Gasteiger partial charge on any atom is -0.461 e. The SMILES string of the molecule is CC[C@H]1OC(Oc2c3c(c(-c4ccc5c(c4)OCO5)c4cc(CO)c(CO)cc24)C(=O)OC3)[C@H](O)[C@@H](O)[C@H]1O.C[C@H]1OC(Oc2c3c(c(-c4ccc5c(c4)OCO5)c4cc(CO)c(CO)cc24)C(=O)OC3)[C@H](O)[C@@H](O)[C@H]1O.O=C1OCc2c1c(-c1ccc3c(c1)OCO3)c1cc(CO)c(CO)cc1c2OC1O[C@H](CO)[C@@H](O)[C@H](O)[C@H]1O. The van der Waals surface area contributed by atoms with E-state index in [2.05, 4.69) is 0 Å². The molecule has 3 unspecified atom stereocenters. The van der Waals surface area contributed by atoms with Crippen LogP contribution in [0, 0.1) is 0 Å².